The molecule has 0 saturated carbocycles. The molecule has 1 rings (SSSR count). The maximum Gasteiger partial charge on any atom is 0.132 e. The third-order valence-electron chi connectivity index (χ3n) is 2.05. The van der Waals surface area contributed by atoms with Crippen LogP contribution in [0.25, 0.3) is 0 Å². The van der Waals surface area contributed by atoms with Crippen molar-refractivity contribution < 1.29 is 37.9 Å². The molecule has 0 spiro atoms. The zero-order valence-corrected chi connectivity index (χ0v) is 11.1. The van der Waals surface area contributed by atoms with Crippen LogP contribution in [-0.4, -0.2) is 57.6 Å². The first-order valence-corrected chi connectivity index (χ1v) is 4.53. The number of rotatable bonds is 2. The van der Waals surface area contributed by atoms with E-state index >= 15 is 0 Å². The summed E-state index contributed by atoms with van der Waals surface area (Å²) in [5.41, 5.74) is 0. The number of hydrogen-bond acceptors (Lipinski definition) is 2. The Morgan fingerprint density at radius 1 is 1.15 bits per heavy atom. The second-order valence-corrected chi connectivity index (χ2v) is 4.46. The lowest BCUT2D eigenvalue weighted by Crippen LogP contribution is -3.00. The molecule has 0 aromatic heterocycles. The van der Waals surface area contributed by atoms with Gasteiger partial charge in [0.15, 0.2) is 0 Å². The summed E-state index contributed by atoms with van der Waals surface area (Å²) in [5.74, 6) is 0. The molecule has 1 heterocycles. The smallest absolute Gasteiger partial charge is 0.132 e. The molecule has 0 aromatic rings. The summed E-state index contributed by atoms with van der Waals surface area (Å²) in [6, 6.07) is 0. The molecule has 0 amide bonds. The van der Waals surface area contributed by atoms with Crippen LogP contribution in [0.2, 0.25) is 0 Å². The highest BCUT2D eigenvalue weighted by molar-refractivity contribution is 4.68. The van der Waals surface area contributed by atoms with Crippen LogP contribution >= 0.6 is 0 Å². The largest absolute Gasteiger partial charge is 1.00 e. The second-order valence-electron chi connectivity index (χ2n) is 4.46. The first-order chi connectivity index (χ1) is 5.49. The fourth-order valence-corrected chi connectivity index (χ4v) is 1.42. The van der Waals surface area contributed by atoms with E-state index in [1.54, 1.807) is 0 Å². The Kier molecular flexibility index (Phi) is 5.74. The molecule has 1 fully saturated rings. The van der Waals surface area contributed by atoms with Crippen molar-refractivity contribution in [1.82, 2.24) is 0 Å². The number of quaternary nitrogens is 1. The monoisotopic (exact) mass is 301 g/mol. The van der Waals surface area contributed by atoms with Gasteiger partial charge in [-0.2, -0.15) is 0 Å². The standard InChI is InChI=1S/C9H20NO2.HI/c1-8-9(7-10(2,3)4)12-6-5-11-8;/h8-9H,5-7H2,1-4H3;1H/q+1;/p-1/t8-,9-;/m1./s1. The van der Waals surface area contributed by atoms with E-state index in [0.717, 1.165) is 24.2 Å². The first-order valence-electron chi connectivity index (χ1n) is 4.53. The van der Waals surface area contributed by atoms with Gasteiger partial charge in [0.05, 0.1) is 40.5 Å². The molecule has 0 aliphatic carbocycles. The highest BCUT2D eigenvalue weighted by atomic mass is 127. The van der Waals surface area contributed by atoms with Crippen molar-refractivity contribution in [2.75, 3.05) is 40.9 Å². The Labute approximate surface area is 98.0 Å². The van der Waals surface area contributed by atoms with E-state index < -0.39 is 0 Å². The van der Waals surface area contributed by atoms with Gasteiger partial charge >= 0.3 is 0 Å². The molecule has 0 unspecified atom stereocenters. The van der Waals surface area contributed by atoms with Crippen LogP contribution in [0.4, 0.5) is 0 Å². The summed E-state index contributed by atoms with van der Waals surface area (Å²) in [6.07, 6.45) is 0.509. The minimum absolute atomic E-state index is 0. The maximum absolute atomic E-state index is 5.63. The van der Waals surface area contributed by atoms with Crippen LogP contribution in [-0.2, 0) is 9.47 Å². The van der Waals surface area contributed by atoms with Crippen LogP contribution in [0.15, 0.2) is 0 Å². The summed E-state index contributed by atoms with van der Waals surface area (Å²) in [5, 5.41) is 0. The molecule has 13 heavy (non-hydrogen) atoms. The zero-order valence-electron chi connectivity index (χ0n) is 8.92. The number of halogens is 1. The van der Waals surface area contributed by atoms with Gasteiger partial charge < -0.3 is 37.9 Å². The van der Waals surface area contributed by atoms with E-state index in [1.807, 2.05) is 0 Å². The summed E-state index contributed by atoms with van der Waals surface area (Å²) in [6.45, 7) is 4.59. The lowest BCUT2D eigenvalue weighted by atomic mass is 10.2. The van der Waals surface area contributed by atoms with E-state index in [-0.39, 0.29) is 36.2 Å². The predicted molar refractivity (Wildman–Crippen MR) is 48.1 cm³/mol. The van der Waals surface area contributed by atoms with E-state index in [1.165, 1.54) is 0 Å². The van der Waals surface area contributed by atoms with E-state index in [9.17, 15) is 0 Å². The maximum atomic E-state index is 5.63. The Bertz CT molecular complexity index is 147. The molecule has 0 bridgehead atoms. The van der Waals surface area contributed by atoms with Crippen molar-refractivity contribution in [2.45, 2.75) is 19.1 Å². The van der Waals surface area contributed by atoms with Gasteiger partial charge in [-0.1, -0.05) is 0 Å². The van der Waals surface area contributed by atoms with Gasteiger partial charge in [0, 0.05) is 0 Å². The van der Waals surface area contributed by atoms with Crippen LogP contribution < -0.4 is 24.0 Å². The number of hydrogen-bond donors (Lipinski definition) is 0. The first kappa shape index (κ1) is 13.6. The Morgan fingerprint density at radius 2 is 1.69 bits per heavy atom. The van der Waals surface area contributed by atoms with Gasteiger partial charge in [-0.05, 0) is 6.92 Å². The van der Waals surface area contributed by atoms with Crippen LogP contribution in [0.1, 0.15) is 6.92 Å². The van der Waals surface area contributed by atoms with E-state index in [4.69, 9.17) is 9.47 Å². The van der Waals surface area contributed by atoms with Crippen LogP contribution in [0, 0.1) is 0 Å². The number of nitrogens with zero attached hydrogens (tertiary/aromatic N) is 1. The Morgan fingerprint density at radius 3 is 2.15 bits per heavy atom. The molecule has 4 heteroatoms. The minimum Gasteiger partial charge on any atom is -1.00 e. The summed E-state index contributed by atoms with van der Waals surface area (Å²) in [4.78, 5) is 0. The Hall–Kier alpha value is 0.610. The fourth-order valence-electron chi connectivity index (χ4n) is 1.42. The van der Waals surface area contributed by atoms with E-state index in [2.05, 4.69) is 28.1 Å². The minimum atomic E-state index is 0. The average Bonchev–Trinajstić information content (AvgIpc) is 1.91. The van der Waals surface area contributed by atoms with Crippen molar-refractivity contribution in [3.8, 4) is 0 Å². The molecule has 1 aliphatic rings. The number of ether oxygens (including phenoxy) is 2. The van der Waals surface area contributed by atoms with Crippen molar-refractivity contribution in [2.24, 2.45) is 0 Å². The van der Waals surface area contributed by atoms with E-state index in [0.29, 0.717) is 0 Å². The van der Waals surface area contributed by atoms with Crippen molar-refractivity contribution in [3.63, 3.8) is 0 Å². The lowest BCUT2D eigenvalue weighted by molar-refractivity contribution is -0.874. The van der Waals surface area contributed by atoms with Gasteiger partial charge in [-0.25, -0.2) is 0 Å². The Balaban J connectivity index is 0.00000144. The molecule has 0 N–H and O–H groups in total. The van der Waals surface area contributed by atoms with Crippen molar-refractivity contribution >= 4 is 0 Å². The molecule has 1 saturated heterocycles. The van der Waals surface area contributed by atoms with Gasteiger partial charge in [-0.15, -0.1) is 0 Å². The normalized spacial score (nSPS) is 29.5. The lowest BCUT2D eigenvalue weighted by Gasteiger charge is -2.34. The van der Waals surface area contributed by atoms with Gasteiger partial charge in [-0.3, -0.25) is 0 Å². The van der Waals surface area contributed by atoms with Gasteiger partial charge in [0.1, 0.15) is 12.6 Å². The molecule has 0 aromatic carbocycles. The highest BCUT2D eigenvalue weighted by Crippen LogP contribution is 2.11. The van der Waals surface area contributed by atoms with Crippen molar-refractivity contribution in [3.05, 3.63) is 0 Å². The van der Waals surface area contributed by atoms with Crippen LogP contribution in [0.3, 0.4) is 0 Å². The molecular formula is C9H20INO2. The third-order valence-corrected chi connectivity index (χ3v) is 2.05. The molecule has 0 radical (unpaired) electrons. The van der Waals surface area contributed by atoms with Crippen molar-refractivity contribution in [1.29, 1.82) is 0 Å². The van der Waals surface area contributed by atoms with Gasteiger partial charge in [0.2, 0.25) is 0 Å². The molecule has 80 valence electrons. The molecule has 1 aliphatic heterocycles. The van der Waals surface area contributed by atoms with Gasteiger partial charge in [0.25, 0.3) is 0 Å². The molecular weight excluding hydrogens is 281 g/mol. The molecule has 2 atom stereocenters. The molecule has 3 nitrogen and oxygen atoms in total. The predicted octanol–water partition coefficient (Wildman–Crippen LogP) is -2.50. The average molecular weight is 301 g/mol. The quantitative estimate of drug-likeness (QED) is 0.415. The SMILES string of the molecule is C[C@H]1OCCO[C@@H]1C[N+](C)(C)C.[I-]. The third kappa shape index (κ3) is 5.15. The summed E-state index contributed by atoms with van der Waals surface area (Å²) >= 11 is 0. The van der Waals surface area contributed by atoms with Crippen LogP contribution in [0.5, 0.6) is 0 Å². The second kappa shape index (κ2) is 5.48. The number of likely N-dealkylation sites (N-methyl/N-ethyl adjacent to an activating group) is 1. The zero-order chi connectivity index (χ0) is 9.19. The summed E-state index contributed by atoms with van der Waals surface area (Å²) < 4.78 is 12.1. The summed E-state index contributed by atoms with van der Waals surface area (Å²) in [7, 11) is 6.51. The fraction of sp³-hybridized carbons (Fsp3) is 1.00. The topological polar surface area (TPSA) is 18.5 Å². The highest BCUT2D eigenvalue weighted by Gasteiger charge is 2.27.